The Balaban J connectivity index is 4.83. The van der Waals surface area contributed by atoms with Crippen LogP contribution in [0.4, 0.5) is 4.79 Å². The van der Waals surface area contributed by atoms with Gasteiger partial charge in [-0.15, -0.1) is 0 Å². The van der Waals surface area contributed by atoms with Crippen LogP contribution in [0.15, 0.2) is 12.2 Å². The molecule has 2 atom stereocenters. The number of esters is 2. The van der Waals surface area contributed by atoms with E-state index in [-0.39, 0.29) is 38.8 Å². The molecule has 0 amide bonds. The van der Waals surface area contributed by atoms with Gasteiger partial charge in [0.15, 0.2) is 6.29 Å². The predicted octanol–water partition coefficient (Wildman–Crippen LogP) is 13.7. The predicted molar refractivity (Wildman–Crippen MR) is 251 cm³/mol. The van der Waals surface area contributed by atoms with Gasteiger partial charge in [0.1, 0.15) is 19.8 Å². The molecule has 360 valence electrons. The Morgan fingerprint density at radius 1 is 0.475 bits per heavy atom. The van der Waals surface area contributed by atoms with Crippen LogP contribution in [0, 0.1) is 11.8 Å². The molecule has 0 saturated heterocycles. The summed E-state index contributed by atoms with van der Waals surface area (Å²) >= 11 is 0. The van der Waals surface area contributed by atoms with Crippen LogP contribution in [0.5, 0.6) is 0 Å². The topological polar surface area (TPSA) is 110 Å². The van der Waals surface area contributed by atoms with Gasteiger partial charge >= 0.3 is 18.1 Å². The van der Waals surface area contributed by atoms with Crippen LogP contribution in [0.3, 0.4) is 0 Å². The Morgan fingerprint density at radius 2 is 0.984 bits per heavy atom. The van der Waals surface area contributed by atoms with Gasteiger partial charge in [0.25, 0.3) is 0 Å². The Bertz CT molecular complexity index is 986. The highest BCUT2D eigenvalue weighted by Crippen LogP contribution is 2.16. The first-order valence-electron chi connectivity index (χ1n) is 25.5. The first-order valence-corrected chi connectivity index (χ1v) is 25.5. The highest BCUT2D eigenvalue weighted by molar-refractivity contribution is 5.69. The van der Waals surface area contributed by atoms with Crippen molar-refractivity contribution < 1.29 is 42.8 Å². The summed E-state index contributed by atoms with van der Waals surface area (Å²) in [5, 5.41) is 0. The number of hydrogen-bond acceptors (Lipinski definition) is 10. The fourth-order valence-corrected chi connectivity index (χ4v) is 7.13. The van der Waals surface area contributed by atoms with Crippen LogP contribution >= 0.6 is 0 Å². The summed E-state index contributed by atoms with van der Waals surface area (Å²) in [5.41, 5.74) is 0. The number of unbranched alkanes of at least 4 members (excludes halogenated alkanes) is 17. The Hall–Kier alpha value is -2.17. The largest absolute Gasteiger partial charge is 0.508 e. The molecule has 0 N–H and O–H groups in total. The van der Waals surface area contributed by atoms with Crippen LogP contribution in [-0.2, 0) is 38.0 Å². The number of carbonyl (C=O) groups is 3. The lowest BCUT2D eigenvalue weighted by molar-refractivity contribution is -0.161. The normalized spacial score (nSPS) is 12.7. The van der Waals surface area contributed by atoms with Crippen LogP contribution in [0.2, 0.25) is 0 Å². The molecule has 2 unspecified atom stereocenters. The average Bonchev–Trinajstić information content (AvgIpc) is 3.26. The summed E-state index contributed by atoms with van der Waals surface area (Å²) in [4.78, 5) is 40.3. The van der Waals surface area contributed by atoms with Crippen molar-refractivity contribution in [1.29, 1.82) is 0 Å². The fraction of sp³-hybridized carbons (Fsp3) is 0.902. The third kappa shape index (κ3) is 41.6. The zero-order chi connectivity index (χ0) is 44.9. The smallest absolute Gasteiger partial charge is 0.465 e. The molecular formula is C51H97NO9. The summed E-state index contributed by atoms with van der Waals surface area (Å²) in [5.74, 6) is -0.392. The minimum Gasteiger partial charge on any atom is -0.465 e. The molecule has 0 aliphatic carbocycles. The Morgan fingerprint density at radius 3 is 1.59 bits per heavy atom. The molecule has 0 rings (SSSR count). The van der Waals surface area contributed by atoms with Gasteiger partial charge in [-0.05, 0) is 70.4 Å². The lowest BCUT2D eigenvalue weighted by atomic mass is 9.98. The quantitative estimate of drug-likeness (QED) is 0.0193. The van der Waals surface area contributed by atoms with Crippen molar-refractivity contribution in [2.24, 2.45) is 11.8 Å². The van der Waals surface area contributed by atoms with Crippen LogP contribution < -0.4 is 0 Å². The van der Waals surface area contributed by atoms with Gasteiger partial charge in [-0.2, -0.15) is 0 Å². The zero-order valence-electron chi connectivity index (χ0n) is 40.7. The molecule has 0 aliphatic heterocycles. The maximum Gasteiger partial charge on any atom is 0.508 e. The van der Waals surface area contributed by atoms with Crippen molar-refractivity contribution in [3.8, 4) is 0 Å². The number of allylic oxidation sites excluding steroid dienone is 2. The lowest BCUT2D eigenvalue weighted by Crippen LogP contribution is -2.28. The molecule has 10 heteroatoms. The van der Waals surface area contributed by atoms with Crippen molar-refractivity contribution >= 4 is 18.1 Å². The molecule has 0 aromatic rings. The molecule has 0 bridgehead atoms. The Kier molecular flexibility index (Phi) is 44.2. The molecule has 0 saturated carbocycles. The first-order chi connectivity index (χ1) is 29.8. The van der Waals surface area contributed by atoms with E-state index in [4.69, 9.17) is 28.4 Å². The Labute approximate surface area is 375 Å². The van der Waals surface area contributed by atoms with Gasteiger partial charge < -0.3 is 33.3 Å². The lowest BCUT2D eigenvalue weighted by Gasteiger charge is -2.20. The van der Waals surface area contributed by atoms with Gasteiger partial charge in [0.05, 0.1) is 18.9 Å². The monoisotopic (exact) mass is 868 g/mol. The SMILES string of the molecule is CCCCCCCCOC(CCC(=O)OCC(COC(=O)CCCCCCC/C=C\CCC(C)CCCCC)COC(=O)OCCCN(CC)CC)OCCCCCCCC. The number of hydrogen-bond donors (Lipinski definition) is 0. The summed E-state index contributed by atoms with van der Waals surface area (Å²) in [6, 6.07) is 0. The maximum absolute atomic E-state index is 13.0. The summed E-state index contributed by atoms with van der Waals surface area (Å²) in [6.07, 6.45) is 33.2. The van der Waals surface area contributed by atoms with E-state index in [9.17, 15) is 14.4 Å². The number of nitrogens with zero attached hydrogens (tertiary/aromatic N) is 1. The van der Waals surface area contributed by atoms with E-state index < -0.39 is 24.3 Å². The van der Waals surface area contributed by atoms with E-state index in [1.54, 1.807) is 0 Å². The maximum atomic E-state index is 13.0. The van der Waals surface area contributed by atoms with E-state index in [1.165, 1.54) is 96.3 Å². The van der Waals surface area contributed by atoms with Crippen molar-refractivity contribution in [2.45, 2.75) is 228 Å². The molecule has 0 heterocycles. The molecule has 0 aliphatic rings. The van der Waals surface area contributed by atoms with Crippen LogP contribution in [0.1, 0.15) is 221 Å². The number of ether oxygens (including phenoxy) is 6. The molecule has 10 nitrogen and oxygen atoms in total. The molecule has 0 aromatic heterocycles. The van der Waals surface area contributed by atoms with E-state index in [1.807, 2.05) is 0 Å². The minimum absolute atomic E-state index is 0.0173. The van der Waals surface area contributed by atoms with E-state index in [0.29, 0.717) is 32.5 Å². The number of carbonyl (C=O) groups excluding carboxylic acids is 3. The van der Waals surface area contributed by atoms with Crippen LogP contribution in [0.25, 0.3) is 0 Å². The first kappa shape index (κ1) is 58.8. The second-order valence-corrected chi connectivity index (χ2v) is 17.2. The van der Waals surface area contributed by atoms with Gasteiger partial charge in [0, 0.05) is 32.6 Å². The highest BCUT2D eigenvalue weighted by Gasteiger charge is 2.20. The van der Waals surface area contributed by atoms with E-state index >= 15 is 0 Å². The minimum atomic E-state index is -0.780. The van der Waals surface area contributed by atoms with Crippen molar-refractivity contribution in [3.63, 3.8) is 0 Å². The van der Waals surface area contributed by atoms with Gasteiger partial charge in [-0.3, -0.25) is 9.59 Å². The fourth-order valence-electron chi connectivity index (χ4n) is 7.13. The molecule has 61 heavy (non-hydrogen) atoms. The second-order valence-electron chi connectivity index (χ2n) is 17.2. The highest BCUT2D eigenvalue weighted by atomic mass is 16.7. The van der Waals surface area contributed by atoms with Crippen molar-refractivity contribution in [3.05, 3.63) is 12.2 Å². The molecule has 0 aromatic carbocycles. The molecular weight excluding hydrogens is 771 g/mol. The number of rotatable bonds is 46. The standard InChI is InChI=1S/C51H97NO9/c1-7-12-15-17-26-31-40-56-50(57-41-32-27-18-16-13-8-2)38-37-49(54)60-44-47(45-61-51(55)58-42-33-39-52(10-4)11-5)43-59-48(53)36-30-25-23-21-19-20-22-24-29-35-46(6)34-28-14-9-3/h22,24,46-47,50H,7-21,23,25-45H2,1-6H3/b24-22-. The van der Waals surface area contributed by atoms with Gasteiger partial charge in [-0.25, -0.2) is 4.79 Å². The van der Waals surface area contributed by atoms with Gasteiger partial charge in [0.2, 0.25) is 0 Å². The zero-order valence-corrected chi connectivity index (χ0v) is 40.7. The van der Waals surface area contributed by atoms with Crippen molar-refractivity contribution in [1.82, 2.24) is 4.90 Å². The van der Waals surface area contributed by atoms with E-state index in [0.717, 1.165) is 83.3 Å². The second kappa shape index (κ2) is 45.8. The molecule has 0 radical (unpaired) electrons. The molecule has 0 fully saturated rings. The summed E-state index contributed by atoms with van der Waals surface area (Å²) < 4.78 is 34.1. The molecule has 0 spiro atoms. The third-order valence-corrected chi connectivity index (χ3v) is 11.4. The summed E-state index contributed by atoms with van der Waals surface area (Å²) in [7, 11) is 0. The van der Waals surface area contributed by atoms with Gasteiger partial charge in [-0.1, -0.05) is 163 Å². The van der Waals surface area contributed by atoms with Crippen LogP contribution in [-0.4, -0.2) is 88.6 Å². The third-order valence-electron chi connectivity index (χ3n) is 11.4. The van der Waals surface area contributed by atoms with Crippen molar-refractivity contribution in [2.75, 3.05) is 59.3 Å². The summed E-state index contributed by atoms with van der Waals surface area (Å²) in [6.45, 7) is 17.3. The average molecular weight is 868 g/mol. The van der Waals surface area contributed by atoms with E-state index in [2.05, 4.69) is 58.6 Å².